The second kappa shape index (κ2) is 4.85. The van der Waals surface area contributed by atoms with Gasteiger partial charge in [0.1, 0.15) is 11.3 Å². The van der Waals surface area contributed by atoms with Gasteiger partial charge in [-0.1, -0.05) is 30.3 Å². The average Bonchev–Trinajstić information content (AvgIpc) is 2.82. The molecule has 0 aliphatic carbocycles. The smallest absolute Gasteiger partial charge is 0.337 e. The normalized spacial score (nSPS) is 10.7. The van der Waals surface area contributed by atoms with Crippen molar-refractivity contribution in [3.8, 4) is 11.1 Å². The zero-order valence-electron chi connectivity index (χ0n) is 11.3. The van der Waals surface area contributed by atoms with E-state index in [0.29, 0.717) is 5.56 Å². The molecule has 0 saturated heterocycles. The van der Waals surface area contributed by atoms with Gasteiger partial charge >= 0.3 is 5.97 Å². The highest BCUT2D eigenvalue weighted by Gasteiger charge is 2.14. The van der Waals surface area contributed by atoms with Crippen LogP contribution in [0, 0.1) is 6.92 Å². The molecule has 0 atom stereocenters. The number of para-hydroxylation sites is 1. The second-order valence-electron chi connectivity index (χ2n) is 4.60. The molecule has 0 aliphatic heterocycles. The first kappa shape index (κ1) is 12.5. The fourth-order valence-corrected chi connectivity index (χ4v) is 2.45. The van der Waals surface area contributed by atoms with Gasteiger partial charge in [0.25, 0.3) is 0 Å². The number of furan rings is 1. The van der Waals surface area contributed by atoms with Gasteiger partial charge in [-0.2, -0.15) is 0 Å². The molecule has 100 valence electrons. The molecule has 1 heterocycles. The number of rotatable bonds is 2. The molecule has 0 N–H and O–H groups in total. The van der Waals surface area contributed by atoms with Crippen LogP contribution in [0.2, 0.25) is 0 Å². The lowest BCUT2D eigenvalue weighted by Crippen LogP contribution is -2.00. The molecule has 3 nitrogen and oxygen atoms in total. The number of ether oxygens (including phenoxy) is 1. The summed E-state index contributed by atoms with van der Waals surface area (Å²) < 4.78 is 10.5. The van der Waals surface area contributed by atoms with E-state index in [1.807, 2.05) is 49.4 Å². The van der Waals surface area contributed by atoms with Crippen molar-refractivity contribution in [1.82, 2.24) is 0 Å². The Kier molecular flexibility index (Phi) is 3.03. The summed E-state index contributed by atoms with van der Waals surface area (Å²) in [6.45, 7) is 1.93. The number of hydrogen-bond donors (Lipinski definition) is 0. The van der Waals surface area contributed by atoms with E-state index in [4.69, 9.17) is 9.15 Å². The highest BCUT2D eigenvalue weighted by molar-refractivity contribution is 5.97. The van der Waals surface area contributed by atoms with Crippen LogP contribution in [0.25, 0.3) is 22.1 Å². The lowest BCUT2D eigenvalue weighted by atomic mass is 10.0. The minimum absolute atomic E-state index is 0.336. The Labute approximate surface area is 116 Å². The average molecular weight is 266 g/mol. The Bertz CT molecular complexity index is 784. The second-order valence-corrected chi connectivity index (χ2v) is 4.60. The maximum atomic E-state index is 11.6. The minimum atomic E-state index is -0.336. The monoisotopic (exact) mass is 266 g/mol. The van der Waals surface area contributed by atoms with E-state index in [1.165, 1.54) is 7.11 Å². The van der Waals surface area contributed by atoms with Crippen molar-refractivity contribution < 1.29 is 13.9 Å². The first-order valence-electron chi connectivity index (χ1n) is 6.37. The van der Waals surface area contributed by atoms with Crippen LogP contribution in [0.5, 0.6) is 0 Å². The van der Waals surface area contributed by atoms with Gasteiger partial charge in [-0.3, -0.25) is 0 Å². The molecule has 20 heavy (non-hydrogen) atoms. The summed E-state index contributed by atoms with van der Waals surface area (Å²) in [6, 6.07) is 15.3. The Morgan fingerprint density at radius 1 is 1.10 bits per heavy atom. The van der Waals surface area contributed by atoms with Crippen molar-refractivity contribution in [1.29, 1.82) is 0 Å². The number of carbonyl (C=O) groups is 1. The van der Waals surface area contributed by atoms with Gasteiger partial charge < -0.3 is 9.15 Å². The van der Waals surface area contributed by atoms with E-state index in [2.05, 4.69) is 0 Å². The molecule has 3 rings (SSSR count). The number of methoxy groups -OCH3 is 1. The first-order chi connectivity index (χ1) is 9.70. The van der Waals surface area contributed by atoms with Crippen molar-refractivity contribution in [2.45, 2.75) is 6.92 Å². The zero-order valence-corrected chi connectivity index (χ0v) is 11.3. The van der Waals surface area contributed by atoms with Crippen LogP contribution in [-0.4, -0.2) is 13.1 Å². The fraction of sp³-hybridized carbons (Fsp3) is 0.118. The Hall–Kier alpha value is -2.55. The Morgan fingerprint density at radius 2 is 1.90 bits per heavy atom. The number of esters is 1. The van der Waals surface area contributed by atoms with Gasteiger partial charge in [-0.25, -0.2) is 4.79 Å². The molecule has 0 radical (unpaired) electrons. The molecule has 0 bridgehead atoms. The molecule has 0 spiro atoms. The Balaban J connectivity index is 2.21. The number of carbonyl (C=O) groups excluding carboxylic acids is 1. The molecule has 3 aromatic rings. The standard InChI is InChI=1S/C17H14O3/c1-11-16(14-8-3-4-9-15(14)20-11)12-6-5-7-13(10-12)17(18)19-2/h3-10H,1-2H3. The lowest BCUT2D eigenvalue weighted by molar-refractivity contribution is 0.0601. The maximum absolute atomic E-state index is 11.6. The van der Waals surface area contributed by atoms with Crippen LogP contribution in [0.3, 0.4) is 0 Å². The summed E-state index contributed by atoms with van der Waals surface area (Å²) in [6.07, 6.45) is 0. The van der Waals surface area contributed by atoms with Crippen molar-refractivity contribution >= 4 is 16.9 Å². The van der Waals surface area contributed by atoms with Gasteiger partial charge in [0.15, 0.2) is 0 Å². The SMILES string of the molecule is COC(=O)c1cccc(-c2c(C)oc3ccccc23)c1. The lowest BCUT2D eigenvalue weighted by Gasteiger charge is -2.04. The summed E-state index contributed by atoms with van der Waals surface area (Å²) in [5, 5.41) is 1.05. The maximum Gasteiger partial charge on any atom is 0.337 e. The zero-order chi connectivity index (χ0) is 14.1. The summed E-state index contributed by atoms with van der Waals surface area (Å²) in [4.78, 5) is 11.6. The van der Waals surface area contributed by atoms with Crippen LogP contribution >= 0.6 is 0 Å². The fourth-order valence-electron chi connectivity index (χ4n) is 2.45. The molecule has 0 fully saturated rings. The highest BCUT2D eigenvalue weighted by atomic mass is 16.5. The molecule has 0 amide bonds. The number of benzene rings is 2. The van der Waals surface area contributed by atoms with Crippen molar-refractivity contribution in [3.63, 3.8) is 0 Å². The summed E-state index contributed by atoms with van der Waals surface area (Å²) in [7, 11) is 1.38. The van der Waals surface area contributed by atoms with Gasteiger partial charge in [0.2, 0.25) is 0 Å². The van der Waals surface area contributed by atoms with Gasteiger partial charge in [-0.15, -0.1) is 0 Å². The minimum Gasteiger partial charge on any atom is -0.465 e. The molecule has 0 saturated carbocycles. The van der Waals surface area contributed by atoms with E-state index in [0.717, 1.165) is 27.9 Å². The van der Waals surface area contributed by atoms with Gasteiger partial charge in [0, 0.05) is 10.9 Å². The third kappa shape index (κ3) is 1.97. The number of aryl methyl sites for hydroxylation is 1. The number of hydrogen-bond acceptors (Lipinski definition) is 3. The third-order valence-corrected chi connectivity index (χ3v) is 3.34. The largest absolute Gasteiger partial charge is 0.465 e. The Morgan fingerprint density at radius 3 is 2.70 bits per heavy atom. The van der Waals surface area contributed by atoms with E-state index in [9.17, 15) is 4.79 Å². The van der Waals surface area contributed by atoms with Crippen LogP contribution in [0.1, 0.15) is 16.1 Å². The predicted octanol–water partition coefficient (Wildman–Crippen LogP) is 4.19. The molecule has 1 aromatic heterocycles. The van der Waals surface area contributed by atoms with E-state index < -0.39 is 0 Å². The summed E-state index contributed by atoms with van der Waals surface area (Å²) in [5.74, 6) is 0.505. The summed E-state index contributed by atoms with van der Waals surface area (Å²) in [5.41, 5.74) is 3.36. The molecule has 2 aromatic carbocycles. The molecule has 3 heteroatoms. The summed E-state index contributed by atoms with van der Waals surface area (Å²) >= 11 is 0. The van der Waals surface area contributed by atoms with E-state index in [-0.39, 0.29) is 5.97 Å². The molecule has 0 unspecified atom stereocenters. The van der Waals surface area contributed by atoms with Gasteiger partial charge in [-0.05, 0) is 30.7 Å². The predicted molar refractivity (Wildman–Crippen MR) is 77.7 cm³/mol. The topological polar surface area (TPSA) is 39.4 Å². The van der Waals surface area contributed by atoms with E-state index >= 15 is 0 Å². The third-order valence-electron chi connectivity index (χ3n) is 3.34. The highest BCUT2D eigenvalue weighted by Crippen LogP contribution is 2.34. The van der Waals surface area contributed by atoms with E-state index in [1.54, 1.807) is 6.07 Å². The number of fused-ring (bicyclic) bond motifs is 1. The van der Waals surface area contributed by atoms with Gasteiger partial charge in [0.05, 0.1) is 12.7 Å². The van der Waals surface area contributed by atoms with Crippen molar-refractivity contribution in [2.24, 2.45) is 0 Å². The van der Waals surface area contributed by atoms with Crippen LogP contribution in [-0.2, 0) is 4.74 Å². The van der Waals surface area contributed by atoms with Crippen LogP contribution in [0.15, 0.2) is 52.9 Å². The first-order valence-corrected chi connectivity index (χ1v) is 6.37. The van der Waals surface area contributed by atoms with Crippen LogP contribution in [0.4, 0.5) is 0 Å². The molecular formula is C17H14O3. The van der Waals surface area contributed by atoms with Crippen molar-refractivity contribution in [2.75, 3.05) is 7.11 Å². The molecule has 0 aliphatic rings. The van der Waals surface area contributed by atoms with Crippen LogP contribution < -0.4 is 0 Å². The quantitative estimate of drug-likeness (QED) is 0.653. The van der Waals surface area contributed by atoms with Crippen molar-refractivity contribution in [3.05, 3.63) is 59.9 Å². The molecular weight excluding hydrogens is 252 g/mol.